The Hall–Kier alpha value is -1.63. The molecular weight excluding hydrogens is 485 g/mol. The number of hydrogen-bond donors (Lipinski definition) is 1. The van der Waals surface area contributed by atoms with Crippen molar-refractivity contribution in [3.8, 4) is 0 Å². The molecule has 35 heavy (non-hydrogen) atoms. The molecule has 1 fully saturated rings. The summed E-state index contributed by atoms with van der Waals surface area (Å²) in [6.45, 7) is 11.2. The summed E-state index contributed by atoms with van der Waals surface area (Å²) >= 11 is 11.9. The summed E-state index contributed by atoms with van der Waals surface area (Å²) in [5, 5.41) is 11.7. The van der Waals surface area contributed by atoms with Crippen LogP contribution in [0.3, 0.4) is 0 Å². The second-order valence-electron chi connectivity index (χ2n) is 9.04. The van der Waals surface area contributed by atoms with Gasteiger partial charge in [-0.15, -0.1) is 0 Å². The highest BCUT2D eigenvalue weighted by atomic mass is 35.5. The van der Waals surface area contributed by atoms with Crippen molar-refractivity contribution >= 4 is 29.2 Å². The first kappa shape index (κ1) is 29.6. The van der Waals surface area contributed by atoms with Crippen LogP contribution in [0.25, 0.3) is 0 Å². The Morgan fingerprint density at radius 1 is 1.11 bits per heavy atom. The van der Waals surface area contributed by atoms with Gasteiger partial charge in [-0.3, -0.25) is 4.79 Å². The Morgan fingerprint density at radius 3 is 2.46 bits per heavy atom. The summed E-state index contributed by atoms with van der Waals surface area (Å²) in [7, 11) is 0. The SMILES string of the molecule is CCOC(=O)CCc1cc(Cl)ccc1C(C)OCC(O)CN1CCCC1.Cc1ccc(C)c(Cl)c1. The molecule has 0 aromatic heterocycles. The number of esters is 1. The van der Waals surface area contributed by atoms with Crippen LogP contribution in [0, 0.1) is 13.8 Å². The van der Waals surface area contributed by atoms with Gasteiger partial charge in [0.05, 0.1) is 25.4 Å². The molecule has 7 heteroatoms. The van der Waals surface area contributed by atoms with Gasteiger partial charge in [0, 0.05) is 23.0 Å². The van der Waals surface area contributed by atoms with E-state index in [4.69, 9.17) is 32.7 Å². The van der Waals surface area contributed by atoms with E-state index in [2.05, 4.69) is 11.0 Å². The highest BCUT2D eigenvalue weighted by molar-refractivity contribution is 6.31. The summed E-state index contributed by atoms with van der Waals surface area (Å²) in [4.78, 5) is 13.9. The first-order chi connectivity index (χ1) is 16.7. The van der Waals surface area contributed by atoms with Crippen LogP contribution in [0.4, 0.5) is 0 Å². The lowest BCUT2D eigenvalue weighted by molar-refractivity contribution is -0.143. The predicted octanol–water partition coefficient (Wildman–Crippen LogP) is 6.33. The maximum atomic E-state index is 11.6. The van der Waals surface area contributed by atoms with Gasteiger partial charge >= 0.3 is 5.97 Å². The molecular formula is C28H39Cl2NO4. The number of carbonyl (C=O) groups excluding carboxylic acids is 1. The summed E-state index contributed by atoms with van der Waals surface area (Å²) in [5.74, 6) is -0.215. The van der Waals surface area contributed by atoms with Gasteiger partial charge in [-0.25, -0.2) is 0 Å². The number of β-amino-alcohol motifs (C(OH)–C–C–N with tert-alkyl or cyclic N) is 1. The van der Waals surface area contributed by atoms with E-state index >= 15 is 0 Å². The molecule has 0 amide bonds. The van der Waals surface area contributed by atoms with Crippen molar-refractivity contribution in [1.29, 1.82) is 0 Å². The van der Waals surface area contributed by atoms with Crippen LogP contribution in [0.15, 0.2) is 36.4 Å². The van der Waals surface area contributed by atoms with Crippen molar-refractivity contribution in [3.05, 3.63) is 68.7 Å². The van der Waals surface area contributed by atoms with Gasteiger partial charge in [0.15, 0.2) is 0 Å². The maximum Gasteiger partial charge on any atom is 0.306 e. The summed E-state index contributed by atoms with van der Waals surface area (Å²) in [5.41, 5.74) is 4.33. The van der Waals surface area contributed by atoms with Gasteiger partial charge in [0.2, 0.25) is 0 Å². The third-order valence-electron chi connectivity index (χ3n) is 5.98. The lowest BCUT2D eigenvalue weighted by atomic mass is 9.99. The van der Waals surface area contributed by atoms with Gasteiger partial charge < -0.3 is 19.5 Å². The van der Waals surface area contributed by atoms with E-state index in [1.165, 1.54) is 18.4 Å². The molecule has 1 heterocycles. The highest BCUT2D eigenvalue weighted by Crippen LogP contribution is 2.26. The molecule has 0 radical (unpaired) electrons. The van der Waals surface area contributed by atoms with E-state index < -0.39 is 6.10 Å². The molecule has 0 bridgehead atoms. The van der Waals surface area contributed by atoms with Crippen molar-refractivity contribution in [1.82, 2.24) is 4.90 Å². The van der Waals surface area contributed by atoms with E-state index in [0.717, 1.165) is 34.8 Å². The van der Waals surface area contributed by atoms with Crippen LogP contribution in [0.2, 0.25) is 10.0 Å². The number of rotatable bonds is 10. The monoisotopic (exact) mass is 523 g/mol. The fraction of sp³-hybridized carbons (Fsp3) is 0.536. The highest BCUT2D eigenvalue weighted by Gasteiger charge is 2.18. The fourth-order valence-corrected chi connectivity index (χ4v) is 4.45. The van der Waals surface area contributed by atoms with Crippen molar-refractivity contribution in [2.75, 3.05) is 32.8 Å². The number of nitrogens with zero attached hydrogens (tertiary/aromatic N) is 1. The predicted molar refractivity (Wildman–Crippen MR) is 143 cm³/mol. The van der Waals surface area contributed by atoms with Crippen molar-refractivity contribution in [2.24, 2.45) is 0 Å². The van der Waals surface area contributed by atoms with Crippen LogP contribution < -0.4 is 0 Å². The number of ether oxygens (including phenoxy) is 2. The van der Waals surface area contributed by atoms with Crippen LogP contribution in [-0.2, 0) is 20.7 Å². The van der Waals surface area contributed by atoms with E-state index in [9.17, 15) is 9.90 Å². The first-order valence-corrected chi connectivity index (χ1v) is 13.1. The van der Waals surface area contributed by atoms with E-state index in [1.807, 2.05) is 51.1 Å². The van der Waals surface area contributed by atoms with E-state index in [0.29, 0.717) is 31.0 Å². The molecule has 0 saturated carbocycles. The zero-order valence-electron chi connectivity index (χ0n) is 21.4. The number of likely N-dealkylation sites (tertiary alicyclic amines) is 1. The minimum Gasteiger partial charge on any atom is -0.466 e. The smallest absolute Gasteiger partial charge is 0.306 e. The Bertz CT molecular complexity index is 931. The van der Waals surface area contributed by atoms with Gasteiger partial charge in [-0.05, 0) is 100 Å². The molecule has 1 aliphatic heterocycles. The van der Waals surface area contributed by atoms with Gasteiger partial charge in [0.25, 0.3) is 0 Å². The van der Waals surface area contributed by atoms with Crippen molar-refractivity contribution < 1.29 is 19.4 Å². The summed E-state index contributed by atoms with van der Waals surface area (Å²) < 4.78 is 10.9. The minimum absolute atomic E-state index is 0.183. The number of carbonyl (C=O) groups is 1. The zero-order chi connectivity index (χ0) is 25.8. The summed E-state index contributed by atoms with van der Waals surface area (Å²) in [6.07, 6.45) is 2.60. The Labute approximate surface area is 220 Å². The molecule has 5 nitrogen and oxygen atoms in total. The largest absolute Gasteiger partial charge is 0.466 e. The third-order valence-corrected chi connectivity index (χ3v) is 6.62. The number of halogens is 2. The number of aryl methyl sites for hydroxylation is 3. The lowest BCUT2D eigenvalue weighted by Crippen LogP contribution is -2.33. The van der Waals surface area contributed by atoms with Crippen molar-refractivity contribution in [2.45, 2.75) is 65.6 Å². The van der Waals surface area contributed by atoms with E-state index in [1.54, 1.807) is 6.92 Å². The van der Waals surface area contributed by atoms with Gasteiger partial charge in [-0.1, -0.05) is 41.4 Å². The molecule has 1 N–H and O–H groups in total. The number of benzene rings is 2. The van der Waals surface area contributed by atoms with Crippen LogP contribution in [-0.4, -0.2) is 54.9 Å². The Kier molecular flexibility index (Phi) is 13.1. The molecule has 2 aromatic carbocycles. The molecule has 2 atom stereocenters. The standard InChI is InChI=1S/C20H30ClNO4.C8H9Cl/c1-3-25-20(24)9-6-16-12-17(21)7-8-19(16)15(2)26-14-18(23)13-22-10-4-5-11-22;1-6-3-4-7(2)8(9)5-6/h7-8,12,15,18,23H,3-6,9-11,13-14H2,1-2H3;3-5H,1-2H3. The number of aliphatic hydroxyl groups excluding tert-OH is 1. The molecule has 2 aromatic rings. The molecule has 1 saturated heterocycles. The van der Waals surface area contributed by atoms with E-state index in [-0.39, 0.29) is 18.7 Å². The summed E-state index contributed by atoms with van der Waals surface area (Å²) in [6, 6.07) is 11.7. The Balaban J connectivity index is 0.000000402. The molecule has 2 unspecified atom stereocenters. The topological polar surface area (TPSA) is 59.0 Å². The average molecular weight is 525 g/mol. The first-order valence-electron chi connectivity index (χ1n) is 12.4. The molecule has 3 rings (SSSR count). The van der Waals surface area contributed by atoms with Gasteiger partial charge in [0.1, 0.15) is 0 Å². The van der Waals surface area contributed by atoms with Crippen LogP contribution in [0.1, 0.15) is 61.5 Å². The second kappa shape index (κ2) is 15.5. The molecule has 1 aliphatic rings. The van der Waals surface area contributed by atoms with Crippen molar-refractivity contribution in [3.63, 3.8) is 0 Å². The quantitative estimate of drug-likeness (QED) is 0.368. The fourth-order valence-electron chi connectivity index (χ4n) is 4.02. The second-order valence-corrected chi connectivity index (χ2v) is 9.88. The number of hydrogen-bond acceptors (Lipinski definition) is 5. The molecule has 0 aliphatic carbocycles. The van der Waals surface area contributed by atoms with Crippen LogP contribution in [0.5, 0.6) is 0 Å². The third kappa shape index (κ3) is 10.9. The normalized spacial score (nSPS) is 15.3. The number of aliphatic hydroxyl groups is 1. The zero-order valence-corrected chi connectivity index (χ0v) is 22.9. The average Bonchev–Trinajstić information content (AvgIpc) is 3.32. The van der Waals surface area contributed by atoms with Gasteiger partial charge in [-0.2, -0.15) is 0 Å². The molecule has 0 spiro atoms. The molecule has 194 valence electrons. The lowest BCUT2D eigenvalue weighted by Gasteiger charge is -2.22. The minimum atomic E-state index is -0.495. The maximum absolute atomic E-state index is 11.6. The van der Waals surface area contributed by atoms with Crippen LogP contribution >= 0.6 is 23.2 Å². The Morgan fingerprint density at radius 2 is 1.83 bits per heavy atom.